The van der Waals surface area contributed by atoms with Crippen molar-refractivity contribution in [3.8, 4) is 0 Å². The van der Waals surface area contributed by atoms with Crippen LogP contribution in [0.1, 0.15) is 28.1 Å². The SMILES string of the molecule is CCNC(=NCc1ccc(N2CCN(C)CC2)nc1)NCc1sc(C)nc1C. The lowest BCUT2D eigenvalue weighted by atomic mass is 10.2. The van der Waals surface area contributed by atoms with Crippen LogP contribution in [0.25, 0.3) is 0 Å². The molecule has 8 heteroatoms. The maximum absolute atomic E-state index is 4.71. The molecule has 2 aromatic rings. The van der Waals surface area contributed by atoms with E-state index in [4.69, 9.17) is 4.99 Å². The number of nitrogens with one attached hydrogen (secondary N) is 2. The Kier molecular flexibility index (Phi) is 7.22. The van der Waals surface area contributed by atoms with E-state index in [9.17, 15) is 0 Å². The molecule has 28 heavy (non-hydrogen) atoms. The van der Waals surface area contributed by atoms with Crippen molar-refractivity contribution in [2.24, 2.45) is 4.99 Å². The highest BCUT2D eigenvalue weighted by atomic mass is 32.1. The maximum Gasteiger partial charge on any atom is 0.191 e. The number of pyridine rings is 1. The number of likely N-dealkylation sites (N-methyl/N-ethyl adjacent to an activating group) is 1. The summed E-state index contributed by atoms with van der Waals surface area (Å²) in [5.74, 6) is 1.87. The Bertz CT molecular complexity index is 776. The van der Waals surface area contributed by atoms with Crippen LogP contribution < -0.4 is 15.5 Å². The Morgan fingerprint density at radius 1 is 1.18 bits per heavy atom. The lowest BCUT2D eigenvalue weighted by Crippen LogP contribution is -2.44. The van der Waals surface area contributed by atoms with Crippen LogP contribution in [0.2, 0.25) is 0 Å². The second-order valence-electron chi connectivity index (χ2n) is 7.11. The summed E-state index contributed by atoms with van der Waals surface area (Å²) in [5.41, 5.74) is 2.20. The fourth-order valence-corrected chi connectivity index (χ4v) is 4.02. The average molecular weight is 402 g/mol. The van der Waals surface area contributed by atoms with E-state index in [-0.39, 0.29) is 0 Å². The summed E-state index contributed by atoms with van der Waals surface area (Å²) >= 11 is 1.73. The number of guanidine groups is 1. The minimum atomic E-state index is 0.603. The van der Waals surface area contributed by atoms with Crippen LogP contribution in [0.4, 0.5) is 5.82 Å². The molecular formula is C20H31N7S. The lowest BCUT2D eigenvalue weighted by molar-refractivity contribution is 0.312. The molecule has 0 unspecified atom stereocenters. The number of anilines is 1. The highest BCUT2D eigenvalue weighted by Crippen LogP contribution is 2.17. The number of piperazine rings is 1. The minimum Gasteiger partial charge on any atom is -0.357 e. The zero-order valence-corrected chi connectivity index (χ0v) is 18.1. The number of thiazole rings is 1. The van der Waals surface area contributed by atoms with E-state index in [2.05, 4.69) is 63.4 Å². The second kappa shape index (κ2) is 9.84. The van der Waals surface area contributed by atoms with Crippen molar-refractivity contribution in [1.82, 2.24) is 25.5 Å². The predicted molar refractivity (Wildman–Crippen MR) is 117 cm³/mol. The number of aromatic nitrogens is 2. The second-order valence-corrected chi connectivity index (χ2v) is 8.39. The molecule has 2 N–H and O–H groups in total. The zero-order chi connectivity index (χ0) is 19.9. The van der Waals surface area contributed by atoms with Crippen LogP contribution in [0.3, 0.4) is 0 Å². The summed E-state index contributed by atoms with van der Waals surface area (Å²) < 4.78 is 0. The Morgan fingerprint density at radius 2 is 1.96 bits per heavy atom. The topological polar surface area (TPSA) is 68.7 Å². The number of aliphatic imine (C=N–C) groups is 1. The lowest BCUT2D eigenvalue weighted by Gasteiger charge is -2.33. The normalized spacial score (nSPS) is 15.7. The van der Waals surface area contributed by atoms with E-state index in [1.165, 1.54) is 4.88 Å². The van der Waals surface area contributed by atoms with Gasteiger partial charge in [-0.15, -0.1) is 11.3 Å². The molecule has 2 aromatic heterocycles. The van der Waals surface area contributed by atoms with Gasteiger partial charge in [0.1, 0.15) is 5.82 Å². The minimum absolute atomic E-state index is 0.603. The van der Waals surface area contributed by atoms with Crippen LogP contribution in [-0.2, 0) is 13.1 Å². The number of hydrogen-bond acceptors (Lipinski definition) is 6. The summed E-state index contributed by atoms with van der Waals surface area (Å²) in [4.78, 5) is 19.8. The first-order chi connectivity index (χ1) is 13.5. The Balaban J connectivity index is 1.57. The summed E-state index contributed by atoms with van der Waals surface area (Å²) in [6.45, 7) is 12.6. The molecule has 0 aliphatic carbocycles. The quantitative estimate of drug-likeness (QED) is 0.571. The smallest absolute Gasteiger partial charge is 0.191 e. The monoisotopic (exact) mass is 401 g/mol. The van der Waals surface area contributed by atoms with E-state index < -0.39 is 0 Å². The molecule has 0 atom stereocenters. The van der Waals surface area contributed by atoms with Gasteiger partial charge in [-0.3, -0.25) is 0 Å². The molecule has 0 aromatic carbocycles. The van der Waals surface area contributed by atoms with Gasteiger partial charge in [-0.05, 0) is 39.4 Å². The van der Waals surface area contributed by atoms with Crippen molar-refractivity contribution in [1.29, 1.82) is 0 Å². The van der Waals surface area contributed by atoms with Gasteiger partial charge >= 0.3 is 0 Å². The van der Waals surface area contributed by atoms with E-state index in [0.717, 1.165) is 67.3 Å². The molecule has 0 radical (unpaired) electrons. The van der Waals surface area contributed by atoms with Crippen LogP contribution in [0, 0.1) is 13.8 Å². The number of aryl methyl sites for hydroxylation is 2. The van der Waals surface area contributed by atoms with Gasteiger partial charge in [0.15, 0.2) is 5.96 Å². The Hall–Kier alpha value is -2.19. The molecule has 0 amide bonds. The molecule has 1 saturated heterocycles. The molecule has 152 valence electrons. The van der Waals surface area contributed by atoms with Gasteiger partial charge in [-0.25, -0.2) is 15.0 Å². The summed E-state index contributed by atoms with van der Waals surface area (Å²) in [7, 11) is 2.17. The molecule has 1 aliphatic rings. The van der Waals surface area contributed by atoms with Crippen LogP contribution in [-0.4, -0.2) is 60.6 Å². The van der Waals surface area contributed by atoms with Crippen molar-refractivity contribution in [3.05, 3.63) is 39.5 Å². The first-order valence-corrected chi connectivity index (χ1v) is 10.7. The van der Waals surface area contributed by atoms with E-state index >= 15 is 0 Å². The van der Waals surface area contributed by atoms with Gasteiger partial charge in [0.2, 0.25) is 0 Å². The third-order valence-corrected chi connectivity index (χ3v) is 5.89. The Labute approximate surface area is 171 Å². The van der Waals surface area contributed by atoms with Gasteiger partial charge in [0, 0.05) is 43.8 Å². The van der Waals surface area contributed by atoms with E-state index in [1.807, 2.05) is 13.1 Å². The van der Waals surface area contributed by atoms with Crippen molar-refractivity contribution >= 4 is 23.1 Å². The highest BCUT2D eigenvalue weighted by molar-refractivity contribution is 7.11. The molecule has 1 fully saturated rings. The van der Waals surface area contributed by atoms with Gasteiger partial charge < -0.3 is 20.4 Å². The van der Waals surface area contributed by atoms with Crippen LogP contribution in [0.15, 0.2) is 23.3 Å². The Morgan fingerprint density at radius 3 is 2.57 bits per heavy atom. The van der Waals surface area contributed by atoms with Gasteiger partial charge in [0.25, 0.3) is 0 Å². The number of hydrogen-bond donors (Lipinski definition) is 2. The first kappa shape index (κ1) is 20.5. The third kappa shape index (κ3) is 5.65. The molecule has 0 saturated carbocycles. The fraction of sp³-hybridized carbons (Fsp3) is 0.550. The average Bonchev–Trinajstić information content (AvgIpc) is 3.02. The molecule has 3 rings (SSSR count). The number of nitrogens with zero attached hydrogens (tertiary/aromatic N) is 5. The van der Waals surface area contributed by atoms with E-state index in [1.54, 1.807) is 11.3 Å². The highest BCUT2D eigenvalue weighted by Gasteiger charge is 2.14. The van der Waals surface area contributed by atoms with Crippen LogP contribution in [0.5, 0.6) is 0 Å². The summed E-state index contributed by atoms with van der Waals surface area (Å²) in [6, 6.07) is 4.24. The third-order valence-electron chi connectivity index (χ3n) is 4.82. The predicted octanol–water partition coefficient (Wildman–Crippen LogP) is 2.16. The van der Waals surface area contributed by atoms with Crippen molar-refractivity contribution < 1.29 is 0 Å². The van der Waals surface area contributed by atoms with Crippen molar-refractivity contribution in [3.63, 3.8) is 0 Å². The fourth-order valence-electron chi connectivity index (χ4n) is 3.15. The standard InChI is InChI=1S/C20H31N7S/c1-5-21-20(24-14-18-15(2)25-16(3)28-18)23-13-17-6-7-19(22-12-17)27-10-8-26(4)9-11-27/h6-7,12H,5,8-11,13-14H2,1-4H3,(H2,21,23,24). The number of rotatable bonds is 6. The van der Waals surface area contributed by atoms with Gasteiger partial charge in [0.05, 0.1) is 23.8 Å². The summed E-state index contributed by atoms with van der Waals surface area (Å²) in [5, 5.41) is 7.81. The largest absolute Gasteiger partial charge is 0.357 e. The van der Waals surface area contributed by atoms with Crippen molar-refractivity contribution in [2.45, 2.75) is 33.9 Å². The molecule has 0 bridgehead atoms. The first-order valence-electron chi connectivity index (χ1n) is 9.88. The zero-order valence-electron chi connectivity index (χ0n) is 17.3. The molecule has 3 heterocycles. The van der Waals surface area contributed by atoms with Gasteiger partial charge in [-0.2, -0.15) is 0 Å². The summed E-state index contributed by atoms with van der Waals surface area (Å²) in [6.07, 6.45) is 1.94. The maximum atomic E-state index is 4.71. The molecular weight excluding hydrogens is 370 g/mol. The molecule has 1 aliphatic heterocycles. The van der Waals surface area contributed by atoms with Crippen LogP contribution >= 0.6 is 11.3 Å². The van der Waals surface area contributed by atoms with Crippen molar-refractivity contribution in [2.75, 3.05) is 44.7 Å². The van der Waals surface area contributed by atoms with Gasteiger partial charge in [-0.1, -0.05) is 6.07 Å². The molecule has 7 nitrogen and oxygen atoms in total. The van der Waals surface area contributed by atoms with E-state index in [0.29, 0.717) is 6.54 Å². The molecule has 0 spiro atoms.